The van der Waals surface area contributed by atoms with Gasteiger partial charge in [-0.25, -0.2) is 0 Å². The number of amides is 1. The van der Waals surface area contributed by atoms with Gasteiger partial charge in [0.15, 0.2) is 0 Å². The van der Waals surface area contributed by atoms with Crippen molar-refractivity contribution in [3.05, 3.63) is 53.9 Å². The fourth-order valence-corrected chi connectivity index (χ4v) is 1.99. The van der Waals surface area contributed by atoms with Gasteiger partial charge in [0.05, 0.1) is 18.8 Å². The minimum Gasteiger partial charge on any atom is -0.394 e. The molecule has 0 aliphatic rings. The van der Waals surface area contributed by atoms with Crippen LogP contribution in [0.5, 0.6) is 0 Å². The Bertz CT molecular complexity index is 551. The molecule has 1 atom stereocenters. The zero-order chi connectivity index (χ0) is 14.4. The van der Waals surface area contributed by atoms with Crippen molar-refractivity contribution in [3.63, 3.8) is 0 Å². The molecule has 0 aliphatic heterocycles. The molecule has 106 valence electrons. The van der Waals surface area contributed by atoms with Gasteiger partial charge in [-0.2, -0.15) is 5.10 Å². The molecule has 1 aromatic carbocycles. The van der Waals surface area contributed by atoms with E-state index in [4.69, 9.17) is 0 Å². The summed E-state index contributed by atoms with van der Waals surface area (Å²) in [5, 5.41) is 16.3. The molecule has 0 saturated heterocycles. The van der Waals surface area contributed by atoms with E-state index in [0.717, 1.165) is 11.1 Å². The molecule has 0 unspecified atom stereocenters. The molecule has 0 saturated carbocycles. The second-order valence-corrected chi connectivity index (χ2v) is 4.74. The first-order valence-electron chi connectivity index (χ1n) is 6.63. The van der Waals surface area contributed by atoms with Crippen molar-refractivity contribution in [1.82, 2.24) is 15.1 Å². The molecule has 20 heavy (non-hydrogen) atoms. The van der Waals surface area contributed by atoms with E-state index in [9.17, 15) is 9.90 Å². The molecule has 0 radical (unpaired) electrons. The van der Waals surface area contributed by atoms with Crippen LogP contribution in [0.25, 0.3) is 0 Å². The van der Waals surface area contributed by atoms with Gasteiger partial charge in [-0.1, -0.05) is 30.3 Å². The second kappa shape index (κ2) is 6.86. The maximum Gasteiger partial charge on any atom is 0.222 e. The van der Waals surface area contributed by atoms with Gasteiger partial charge in [-0.05, 0) is 18.1 Å². The average molecular weight is 273 g/mol. The number of aliphatic hydroxyl groups is 1. The normalized spacial score (nSPS) is 12.1. The number of aromatic nitrogens is 2. The highest BCUT2D eigenvalue weighted by atomic mass is 16.3. The van der Waals surface area contributed by atoms with Gasteiger partial charge < -0.3 is 10.4 Å². The van der Waals surface area contributed by atoms with Crippen LogP contribution < -0.4 is 5.32 Å². The monoisotopic (exact) mass is 273 g/mol. The van der Waals surface area contributed by atoms with E-state index < -0.39 is 0 Å². The van der Waals surface area contributed by atoms with E-state index in [1.54, 1.807) is 10.9 Å². The molecule has 2 N–H and O–H groups in total. The molecule has 0 aliphatic carbocycles. The van der Waals surface area contributed by atoms with Crippen molar-refractivity contribution in [2.75, 3.05) is 6.61 Å². The van der Waals surface area contributed by atoms with E-state index in [2.05, 4.69) is 10.4 Å². The zero-order valence-corrected chi connectivity index (χ0v) is 11.5. The van der Waals surface area contributed by atoms with Crippen molar-refractivity contribution >= 4 is 5.91 Å². The van der Waals surface area contributed by atoms with E-state index in [-0.39, 0.29) is 18.6 Å². The topological polar surface area (TPSA) is 67.2 Å². The Labute approximate surface area is 118 Å². The number of aryl methyl sites for hydroxylation is 2. The third kappa shape index (κ3) is 3.93. The summed E-state index contributed by atoms with van der Waals surface area (Å²) < 4.78 is 1.74. The summed E-state index contributed by atoms with van der Waals surface area (Å²) in [7, 11) is 0. The molecule has 2 rings (SSSR count). The van der Waals surface area contributed by atoms with Gasteiger partial charge in [0.25, 0.3) is 0 Å². The van der Waals surface area contributed by atoms with Crippen LogP contribution in [0.2, 0.25) is 0 Å². The summed E-state index contributed by atoms with van der Waals surface area (Å²) in [6.07, 6.45) is 4.00. The number of hydrogen-bond donors (Lipinski definition) is 2. The van der Waals surface area contributed by atoms with Crippen LogP contribution in [0.4, 0.5) is 0 Å². The molecule has 5 heteroatoms. The molecule has 5 nitrogen and oxygen atoms in total. The largest absolute Gasteiger partial charge is 0.394 e. The van der Waals surface area contributed by atoms with Crippen LogP contribution >= 0.6 is 0 Å². The molecule has 1 heterocycles. The lowest BCUT2D eigenvalue weighted by atomic mass is 10.1. The third-order valence-corrected chi connectivity index (χ3v) is 3.05. The van der Waals surface area contributed by atoms with Gasteiger partial charge in [-0.15, -0.1) is 0 Å². The van der Waals surface area contributed by atoms with Crippen molar-refractivity contribution in [3.8, 4) is 0 Å². The first kappa shape index (κ1) is 14.3. The molecule has 0 spiro atoms. The SMILES string of the molecule is Cc1cnn(CCC(=O)N[C@H](CO)c2ccccc2)c1. The highest BCUT2D eigenvalue weighted by Crippen LogP contribution is 2.11. The third-order valence-electron chi connectivity index (χ3n) is 3.05. The lowest BCUT2D eigenvalue weighted by Crippen LogP contribution is -2.31. The minimum absolute atomic E-state index is 0.0962. The average Bonchev–Trinajstić information content (AvgIpc) is 2.89. The first-order valence-corrected chi connectivity index (χ1v) is 6.63. The first-order chi connectivity index (χ1) is 9.69. The van der Waals surface area contributed by atoms with Crippen LogP contribution in [0.3, 0.4) is 0 Å². The Balaban J connectivity index is 1.86. The standard InChI is InChI=1S/C15H19N3O2/c1-12-9-16-18(10-12)8-7-15(20)17-14(11-19)13-5-3-2-4-6-13/h2-6,9-10,14,19H,7-8,11H2,1H3,(H,17,20)/t14-/m1/s1. The summed E-state index contributed by atoms with van der Waals surface area (Å²) in [5.74, 6) is -0.0962. The van der Waals surface area contributed by atoms with Crippen molar-refractivity contribution in [2.24, 2.45) is 0 Å². The predicted octanol–water partition coefficient (Wildman–Crippen LogP) is 1.43. The van der Waals surface area contributed by atoms with E-state index in [1.165, 1.54) is 0 Å². The van der Waals surface area contributed by atoms with Crippen LogP contribution in [0.1, 0.15) is 23.6 Å². The lowest BCUT2D eigenvalue weighted by Gasteiger charge is -2.16. The summed E-state index contributed by atoms with van der Waals surface area (Å²) >= 11 is 0. The quantitative estimate of drug-likeness (QED) is 0.836. The Morgan fingerprint density at radius 1 is 1.40 bits per heavy atom. The lowest BCUT2D eigenvalue weighted by molar-refractivity contribution is -0.122. The fraction of sp³-hybridized carbons (Fsp3) is 0.333. The zero-order valence-electron chi connectivity index (χ0n) is 11.5. The van der Waals surface area contributed by atoms with E-state index in [1.807, 2.05) is 43.5 Å². The van der Waals surface area contributed by atoms with Crippen molar-refractivity contribution in [2.45, 2.75) is 25.9 Å². The molecule has 2 aromatic rings. The number of rotatable bonds is 6. The molecule has 0 fully saturated rings. The van der Waals surface area contributed by atoms with Crippen LogP contribution in [0.15, 0.2) is 42.7 Å². The predicted molar refractivity (Wildman–Crippen MR) is 76.0 cm³/mol. The Morgan fingerprint density at radius 2 is 2.15 bits per heavy atom. The number of carbonyl (C=O) groups excluding carboxylic acids is 1. The van der Waals surface area contributed by atoms with Crippen LogP contribution in [0, 0.1) is 6.92 Å². The number of nitrogens with one attached hydrogen (secondary N) is 1. The van der Waals surface area contributed by atoms with Crippen LogP contribution in [-0.2, 0) is 11.3 Å². The number of hydrogen-bond acceptors (Lipinski definition) is 3. The van der Waals surface area contributed by atoms with Gasteiger partial charge in [0, 0.05) is 19.2 Å². The van der Waals surface area contributed by atoms with E-state index in [0.29, 0.717) is 13.0 Å². The smallest absolute Gasteiger partial charge is 0.222 e. The summed E-state index contributed by atoms with van der Waals surface area (Å²) in [5.41, 5.74) is 1.97. The summed E-state index contributed by atoms with van der Waals surface area (Å²) in [6, 6.07) is 9.09. The molecule has 0 bridgehead atoms. The summed E-state index contributed by atoms with van der Waals surface area (Å²) in [6.45, 7) is 2.38. The molecular weight excluding hydrogens is 254 g/mol. The maximum atomic E-state index is 11.9. The van der Waals surface area contributed by atoms with Gasteiger partial charge >= 0.3 is 0 Å². The Morgan fingerprint density at radius 3 is 2.75 bits per heavy atom. The molecule has 1 aromatic heterocycles. The summed E-state index contributed by atoms with van der Waals surface area (Å²) in [4.78, 5) is 11.9. The van der Waals surface area contributed by atoms with Gasteiger partial charge in [-0.3, -0.25) is 9.48 Å². The number of nitrogens with zero attached hydrogens (tertiary/aromatic N) is 2. The highest BCUT2D eigenvalue weighted by molar-refractivity contribution is 5.76. The second-order valence-electron chi connectivity index (χ2n) is 4.74. The molecular formula is C15H19N3O2. The fourth-order valence-electron chi connectivity index (χ4n) is 1.99. The minimum atomic E-state index is -0.358. The van der Waals surface area contributed by atoms with Gasteiger partial charge in [0.2, 0.25) is 5.91 Å². The Kier molecular flexibility index (Phi) is 4.90. The van der Waals surface area contributed by atoms with E-state index >= 15 is 0 Å². The number of carbonyl (C=O) groups is 1. The Hall–Kier alpha value is -2.14. The van der Waals surface area contributed by atoms with Crippen molar-refractivity contribution < 1.29 is 9.90 Å². The highest BCUT2D eigenvalue weighted by Gasteiger charge is 2.13. The van der Waals surface area contributed by atoms with Gasteiger partial charge in [0.1, 0.15) is 0 Å². The van der Waals surface area contributed by atoms with Crippen molar-refractivity contribution in [1.29, 1.82) is 0 Å². The maximum absolute atomic E-state index is 11.9. The number of aliphatic hydroxyl groups excluding tert-OH is 1. The van der Waals surface area contributed by atoms with Crippen LogP contribution in [-0.4, -0.2) is 27.4 Å². The number of benzene rings is 1. The molecule has 1 amide bonds.